The van der Waals surface area contributed by atoms with Gasteiger partial charge in [-0.25, -0.2) is 9.67 Å². The molecule has 0 radical (unpaired) electrons. The lowest BCUT2D eigenvalue weighted by atomic mass is 10.1. The third-order valence-electron chi connectivity index (χ3n) is 2.21. The average molecular weight is 212 g/mol. The molecule has 0 aliphatic rings. The number of nitrogens with two attached hydrogens (primary N) is 1. The van der Waals surface area contributed by atoms with Gasteiger partial charge in [0.05, 0.1) is 5.60 Å². The molecule has 0 spiro atoms. The van der Waals surface area contributed by atoms with Crippen LogP contribution in [0.25, 0.3) is 0 Å². The first-order valence-electron chi connectivity index (χ1n) is 5.30. The van der Waals surface area contributed by atoms with E-state index in [0.717, 1.165) is 18.8 Å². The highest BCUT2D eigenvalue weighted by atomic mass is 16.5. The van der Waals surface area contributed by atoms with Gasteiger partial charge in [0.15, 0.2) is 5.82 Å². The normalized spacial score (nSPS) is 12.0. The molecule has 0 amide bonds. The van der Waals surface area contributed by atoms with Gasteiger partial charge in [-0.15, -0.1) is 0 Å². The number of rotatable bonds is 6. The Labute approximate surface area is 90.6 Å². The summed E-state index contributed by atoms with van der Waals surface area (Å²) in [7, 11) is 0. The molecular weight excluding hydrogens is 192 g/mol. The van der Waals surface area contributed by atoms with Gasteiger partial charge < -0.3 is 10.5 Å². The van der Waals surface area contributed by atoms with Crippen LogP contribution in [0.15, 0.2) is 6.33 Å². The summed E-state index contributed by atoms with van der Waals surface area (Å²) in [6.07, 6.45) is 2.60. The van der Waals surface area contributed by atoms with Crippen molar-refractivity contribution in [3.63, 3.8) is 0 Å². The zero-order valence-electron chi connectivity index (χ0n) is 9.73. The molecule has 0 aliphatic heterocycles. The summed E-state index contributed by atoms with van der Waals surface area (Å²) < 4.78 is 7.53. The molecule has 2 N–H and O–H groups in total. The summed E-state index contributed by atoms with van der Waals surface area (Å²) in [5.41, 5.74) is 5.27. The van der Waals surface area contributed by atoms with Crippen molar-refractivity contribution in [2.75, 3.05) is 6.54 Å². The van der Waals surface area contributed by atoms with Crippen LogP contribution in [0.5, 0.6) is 0 Å². The molecule has 0 saturated carbocycles. The van der Waals surface area contributed by atoms with Crippen LogP contribution in [0.2, 0.25) is 0 Å². The first-order chi connectivity index (χ1) is 7.09. The van der Waals surface area contributed by atoms with E-state index in [-0.39, 0.29) is 5.60 Å². The monoisotopic (exact) mass is 212 g/mol. The molecule has 0 unspecified atom stereocenters. The van der Waals surface area contributed by atoms with Gasteiger partial charge in [0.2, 0.25) is 0 Å². The van der Waals surface area contributed by atoms with E-state index in [9.17, 15) is 0 Å². The maximum Gasteiger partial charge on any atom is 0.152 e. The van der Waals surface area contributed by atoms with Crippen LogP contribution in [0, 0.1) is 0 Å². The molecule has 5 heteroatoms. The Kier molecular flexibility index (Phi) is 4.23. The fraction of sp³-hybridized carbons (Fsp3) is 0.800. The van der Waals surface area contributed by atoms with Gasteiger partial charge in [-0.2, -0.15) is 5.10 Å². The summed E-state index contributed by atoms with van der Waals surface area (Å²) in [5, 5.41) is 4.13. The molecule has 5 nitrogen and oxygen atoms in total. The summed E-state index contributed by atoms with van der Waals surface area (Å²) in [4.78, 5) is 4.16. The SMILES string of the molecule is CCCn1ncnc1COC(C)(C)CN. The molecular formula is C10H20N4O. The minimum Gasteiger partial charge on any atom is -0.366 e. The Morgan fingerprint density at radius 1 is 1.53 bits per heavy atom. The van der Waals surface area contributed by atoms with Crippen LogP contribution in [-0.2, 0) is 17.9 Å². The van der Waals surface area contributed by atoms with Crippen LogP contribution < -0.4 is 5.73 Å². The van der Waals surface area contributed by atoms with E-state index >= 15 is 0 Å². The van der Waals surface area contributed by atoms with E-state index in [2.05, 4.69) is 17.0 Å². The van der Waals surface area contributed by atoms with Gasteiger partial charge in [-0.1, -0.05) is 6.92 Å². The molecule has 1 aromatic heterocycles. The quantitative estimate of drug-likeness (QED) is 0.762. The Hall–Kier alpha value is -0.940. The van der Waals surface area contributed by atoms with Gasteiger partial charge in [0, 0.05) is 13.1 Å². The second kappa shape index (κ2) is 5.23. The Bertz CT molecular complexity index is 295. The maximum absolute atomic E-state index is 5.66. The van der Waals surface area contributed by atoms with Crippen molar-refractivity contribution < 1.29 is 4.74 Å². The van der Waals surface area contributed by atoms with Crippen molar-refractivity contribution in [1.29, 1.82) is 0 Å². The van der Waals surface area contributed by atoms with Crippen LogP contribution in [0.1, 0.15) is 33.0 Å². The highest BCUT2D eigenvalue weighted by Crippen LogP contribution is 2.09. The van der Waals surface area contributed by atoms with E-state index in [0.29, 0.717) is 13.2 Å². The molecule has 0 saturated heterocycles. The first-order valence-corrected chi connectivity index (χ1v) is 5.30. The number of hydrogen-bond donors (Lipinski definition) is 1. The molecule has 0 aliphatic carbocycles. The Balaban J connectivity index is 2.53. The third-order valence-corrected chi connectivity index (χ3v) is 2.21. The predicted molar refractivity (Wildman–Crippen MR) is 58.2 cm³/mol. The van der Waals surface area contributed by atoms with Crippen LogP contribution in [0.4, 0.5) is 0 Å². The van der Waals surface area contributed by atoms with E-state index in [1.165, 1.54) is 0 Å². The highest BCUT2D eigenvalue weighted by Gasteiger charge is 2.17. The average Bonchev–Trinajstić information content (AvgIpc) is 2.64. The van der Waals surface area contributed by atoms with Gasteiger partial charge in [-0.05, 0) is 20.3 Å². The minimum atomic E-state index is -0.303. The van der Waals surface area contributed by atoms with E-state index in [1.54, 1.807) is 6.33 Å². The van der Waals surface area contributed by atoms with Gasteiger partial charge in [-0.3, -0.25) is 0 Å². The molecule has 0 aromatic carbocycles. The van der Waals surface area contributed by atoms with Crippen molar-refractivity contribution in [2.24, 2.45) is 5.73 Å². The van der Waals surface area contributed by atoms with Gasteiger partial charge in [0.1, 0.15) is 12.9 Å². The van der Waals surface area contributed by atoms with Crippen molar-refractivity contribution in [3.05, 3.63) is 12.2 Å². The number of hydrogen-bond acceptors (Lipinski definition) is 4. The van der Waals surface area contributed by atoms with Crippen molar-refractivity contribution in [1.82, 2.24) is 14.8 Å². The standard InChI is InChI=1S/C10H20N4O/c1-4-5-14-9(12-8-13-14)6-15-10(2,3)7-11/h8H,4-7,11H2,1-3H3. The van der Waals surface area contributed by atoms with Crippen LogP contribution >= 0.6 is 0 Å². The van der Waals surface area contributed by atoms with E-state index in [1.807, 2.05) is 18.5 Å². The second-order valence-electron chi connectivity index (χ2n) is 4.15. The van der Waals surface area contributed by atoms with Gasteiger partial charge >= 0.3 is 0 Å². The third kappa shape index (κ3) is 3.60. The van der Waals surface area contributed by atoms with Crippen molar-refractivity contribution in [3.8, 4) is 0 Å². The van der Waals surface area contributed by atoms with Crippen LogP contribution in [-0.4, -0.2) is 26.9 Å². The van der Waals surface area contributed by atoms with Crippen molar-refractivity contribution >= 4 is 0 Å². The lowest BCUT2D eigenvalue weighted by molar-refractivity contribution is -0.0266. The zero-order valence-corrected chi connectivity index (χ0v) is 9.73. The predicted octanol–water partition coefficient (Wildman–Crippen LogP) is 0.942. The summed E-state index contributed by atoms with van der Waals surface area (Å²) in [6.45, 7) is 7.87. The number of ether oxygens (including phenoxy) is 1. The largest absolute Gasteiger partial charge is 0.366 e. The minimum absolute atomic E-state index is 0.303. The lowest BCUT2D eigenvalue weighted by Crippen LogP contribution is -2.34. The Morgan fingerprint density at radius 2 is 2.27 bits per heavy atom. The molecule has 0 bridgehead atoms. The zero-order chi connectivity index (χ0) is 11.3. The number of aryl methyl sites for hydroxylation is 1. The topological polar surface area (TPSA) is 66.0 Å². The molecule has 0 atom stereocenters. The van der Waals surface area contributed by atoms with Gasteiger partial charge in [0.25, 0.3) is 0 Å². The highest BCUT2D eigenvalue weighted by molar-refractivity contribution is 4.83. The lowest BCUT2D eigenvalue weighted by Gasteiger charge is -2.22. The van der Waals surface area contributed by atoms with Crippen LogP contribution in [0.3, 0.4) is 0 Å². The van der Waals surface area contributed by atoms with E-state index in [4.69, 9.17) is 10.5 Å². The Morgan fingerprint density at radius 3 is 2.87 bits per heavy atom. The first kappa shape index (κ1) is 12.1. The summed E-state index contributed by atoms with van der Waals surface area (Å²) >= 11 is 0. The van der Waals surface area contributed by atoms with E-state index < -0.39 is 0 Å². The molecule has 1 aromatic rings. The molecule has 86 valence electrons. The molecule has 1 rings (SSSR count). The maximum atomic E-state index is 5.66. The summed E-state index contributed by atoms with van der Waals surface area (Å²) in [5.74, 6) is 0.860. The molecule has 1 heterocycles. The fourth-order valence-electron chi connectivity index (χ4n) is 1.12. The fourth-order valence-corrected chi connectivity index (χ4v) is 1.12. The molecule has 0 fully saturated rings. The van der Waals surface area contributed by atoms with Crippen molar-refractivity contribution in [2.45, 2.75) is 45.9 Å². The molecule has 15 heavy (non-hydrogen) atoms. The summed E-state index contributed by atoms with van der Waals surface area (Å²) in [6, 6.07) is 0. The second-order valence-corrected chi connectivity index (χ2v) is 4.15. The number of aromatic nitrogens is 3. The smallest absolute Gasteiger partial charge is 0.152 e. The number of nitrogens with zero attached hydrogens (tertiary/aromatic N) is 3.